The highest BCUT2D eigenvalue weighted by Gasteiger charge is 1.94. The van der Waals surface area contributed by atoms with Gasteiger partial charge in [0.05, 0.1) is 0 Å². The summed E-state index contributed by atoms with van der Waals surface area (Å²) in [6, 6.07) is 5.23. The first-order chi connectivity index (χ1) is 4.74. The van der Waals surface area contributed by atoms with E-state index in [0.717, 1.165) is 15.7 Å². The van der Waals surface area contributed by atoms with E-state index in [1.165, 1.54) is 0 Å². The van der Waals surface area contributed by atoms with E-state index in [0.29, 0.717) is 5.56 Å². The smallest absolute Gasteiger partial charge is 0.150 e. The van der Waals surface area contributed by atoms with Crippen molar-refractivity contribution >= 4 is 34.8 Å². The Morgan fingerprint density at radius 2 is 2.20 bits per heavy atom. The predicted octanol–water partition coefficient (Wildman–Crippen LogP) is 2.55. The van der Waals surface area contributed by atoms with Gasteiger partial charge in [-0.3, -0.25) is 4.79 Å². The summed E-state index contributed by atoms with van der Waals surface area (Å²) in [4.78, 5) is 11.1. The number of halogens is 1. The fraction of sp³-hybridized carbons (Fsp3) is 0. The second-order valence-corrected chi connectivity index (χ2v) is 3.16. The maximum Gasteiger partial charge on any atom is 0.150 e. The average molecular weight is 217 g/mol. The third-order valence-electron chi connectivity index (χ3n) is 1.11. The van der Waals surface area contributed by atoms with Gasteiger partial charge in [0.1, 0.15) is 6.29 Å². The Balaban J connectivity index is 3.16. The molecule has 0 spiro atoms. The van der Waals surface area contributed by atoms with Gasteiger partial charge in [-0.05, 0) is 28.1 Å². The molecule has 0 unspecified atom stereocenters. The molecule has 52 valence electrons. The summed E-state index contributed by atoms with van der Waals surface area (Å²) in [6.45, 7) is 0. The van der Waals surface area contributed by atoms with Gasteiger partial charge in [-0.15, -0.1) is 12.6 Å². The van der Waals surface area contributed by atoms with Crippen molar-refractivity contribution < 1.29 is 4.79 Å². The van der Waals surface area contributed by atoms with Crippen LogP contribution in [-0.2, 0) is 0 Å². The van der Waals surface area contributed by atoms with Gasteiger partial charge in [-0.2, -0.15) is 0 Å². The minimum absolute atomic E-state index is 0.657. The molecule has 0 aliphatic heterocycles. The first-order valence-corrected chi connectivity index (χ1v) is 3.92. The Morgan fingerprint density at radius 1 is 1.50 bits per heavy atom. The monoisotopic (exact) mass is 216 g/mol. The summed E-state index contributed by atoms with van der Waals surface area (Å²) in [5.41, 5.74) is 0.657. The summed E-state index contributed by atoms with van der Waals surface area (Å²) in [5.74, 6) is 0. The van der Waals surface area contributed by atoms with E-state index in [-0.39, 0.29) is 0 Å². The Hall–Kier alpha value is -0.280. The van der Waals surface area contributed by atoms with E-state index >= 15 is 0 Å². The molecular formula is C7H5BrOS. The summed E-state index contributed by atoms with van der Waals surface area (Å²) < 4.78 is 0.848. The molecule has 0 saturated heterocycles. The maximum atomic E-state index is 10.2. The molecule has 1 aromatic rings. The lowest BCUT2D eigenvalue weighted by Crippen LogP contribution is -1.78. The molecule has 0 radical (unpaired) electrons. The lowest BCUT2D eigenvalue weighted by molar-refractivity contribution is 0.112. The van der Waals surface area contributed by atoms with Crippen molar-refractivity contribution in [3.8, 4) is 0 Å². The zero-order valence-electron chi connectivity index (χ0n) is 5.04. The summed E-state index contributed by atoms with van der Waals surface area (Å²) >= 11 is 7.37. The average Bonchev–Trinajstić information content (AvgIpc) is 1.95. The van der Waals surface area contributed by atoms with Crippen molar-refractivity contribution in [1.29, 1.82) is 0 Å². The van der Waals surface area contributed by atoms with E-state index in [4.69, 9.17) is 0 Å². The standard InChI is InChI=1S/C7H5BrOS/c8-6-3-5(4-9)1-2-7(6)10/h1-4,10H. The number of rotatable bonds is 1. The summed E-state index contributed by atoms with van der Waals surface area (Å²) in [5, 5.41) is 0. The first-order valence-electron chi connectivity index (χ1n) is 2.68. The molecule has 10 heavy (non-hydrogen) atoms. The minimum atomic E-state index is 0.657. The lowest BCUT2D eigenvalue weighted by Gasteiger charge is -1.95. The third-order valence-corrected chi connectivity index (χ3v) is 2.46. The largest absolute Gasteiger partial charge is 0.298 e. The van der Waals surface area contributed by atoms with Crippen molar-refractivity contribution in [2.45, 2.75) is 4.90 Å². The fourth-order valence-electron chi connectivity index (χ4n) is 0.596. The van der Waals surface area contributed by atoms with Gasteiger partial charge >= 0.3 is 0 Å². The van der Waals surface area contributed by atoms with Gasteiger partial charge in [0, 0.05) is 14.9 Å². The van der Waals surface area contributed by atoms with Gasteiger partial charge in [0.25, 0.3) is 0 Å². The zero-order valence-corrected chi connectivity index (χ0v) is 7.52. The molecular weight excluding hydrogens is 212 g/mol. The molecule has 1 nitrogen and oxygen atoms in total. The molecule has 0 aliphatic carbocycles. The number of carbonyl (C=O) groups excluding carboxylic acids is 1. The number of carbonyl (C=O) groups is 1. The highest BCUT2D eigenvalue weighted by molar-refractivity contribution is 9.10. The number of benzene rings is 1. The van der Waals surface area contributed by atoms with Crippen molar-refractivity contribution in [3.63, 3.8) is 0 Å². The van der Waals surface area contributed by atoms with Crippen molar-refractivity contribution in [3.05, 3.63) is 28.2 Å². The Labute approximate surface area is 73.0 Å². The van der Waals surface area contributed by atoms with Crippen LogP contribution in [0.3, 0.4) is 0 Å². The van der Waals surface area contributed by atoms with Crippen LogP contribution >= 0.6 is 28.6 Å². The van der Waals surface area contributed by atoms with Gasteiger partial charge < -0.3 is 0 Å². The van der Waals surface area contributed by atoms with E-state index in [1.807, 2.05) is 0 Å². The van der Waals surface area contributed by atoms with Crippen LogP contribution < -0.4 is 0 Å². The van der Waals surface area contributed by atoms with Gasteiger partial charge in [-0.1, -0.05) is 6.07 Å². The predicted molar refractivity (Wildman–Crippen MR) is 46.8 cm³/mol. The van der Waals surface area contributed by atoms with Crippen LogP contribution in [0.2, 0.25) is 0 Å². The summed E-state index contributed by atoms with van der Waals surface area (Å²) in [6.07, 6.45) is 0.804. The normalized spacial score (nSPS) is 9.40. The maximum absolute atomic E-state index is 10.2. The lowest BCUT2D eigenvalue weighted by atomic mass is 10.2. The topological polar surface area (TPSA) is 17.1 Å². The SMILES string of the molecule is O=Cc1ccc(S)c(Br)c1. The quantitative estimate of drug-likeness (QED) is 0.565. The molecule has 1 aromatic carbocycles. The van der Waals surface area contributed by atoms with Crippen LogP contribution in [0.25, 0.3) is 0 Å². The zero-order chi connectivity index (χ0) is 7.56. The molecule has 0 heterocycles. The molecule has 0 aliphatic rings. The highest BCUT2D eigenvalue weighted by atomic mass is 79.9. The van der Waals surface area contributed by atoms with Crippen molar-refractivity contribution in [2.75, 3.05) is 0 Å². The molecule has 0 aromatic heterocycles. The van der Waals surface area contributed by atoms with Crippen LogP contribution in [-0.4, -0.2) is 6.29 Å². The fourth-order valence-corrected chi connectivity index (χ4v) is 1.13. The van der Waals surface area contributed by atoms with Gasteiger partial charge in [-0.25, -0.2) is 0 Å². The van der Waals surface area contributed by atoms with E-state index < -0.39 is 0 Å². The summed E-state index contributed by atoms with van der Waals surface area (Å²) in [7, 11) is 0. The van der Waals surface area contributed by atoms with Crippen LogP contribution in [0.4, 0.5) is 0 Å². The van der Waals surface area contributed by atoms with E-state index in [9.17, 15) is 4.79 Å². The van der Waals surface area contributed by atoms with Crippen LogP contribution in [0.1, 0.15) is 10.4 Å². The molecule has 0 bridgehead atoms. The highest BCUT2D eigenvalue weighted by Crippen LogP contribution is 2.20. The second-order valence-electron chi connectivity index (χ2n) is 1.83. The van der Waals surface area contributed by atoms with Crippen molar-refractivity contribution in [2.24, 2.45) is 0 Å². The molecule has 0 fully saturated rings. The third kappa shape index (κ3) is 1.61. The Bertz CT molecular complexity index is 260. The number of hydrogen-bond donors (Lipinski definition) is 1. The molecule has 1 rings (SSSR count). The van der Waals surface area contributed by atoms with Gasteiger partial charge in [0.15, 0.2) is 0 Å². The minimum Gasteiger partial charge on any atom is -0.298 e. The van der Waals surface area contributed by atoms with Crippen LogP contribution in [0.5, 0.6) is 0 Å². The molecule has 0 atom stereocenters. The van der Waals surface area contributed by atoms with E-state index in [1.54, 1.807) is 18.2 Å². The number of hydrogen-bond acceptors (Lipinski definition) is 2. The van der Waals surface area contributed by atoms with Crippen LogP contribution in [0, 0.1) is 0 Å². The molecule has 0 saturated carbocycles. The molecule has 0 amide bonds. The first kappa shape index (κ1) is 7.82. The van der Waals surface area contributed by atoms with E-state index in [2.05, 4.69) is 28.6 Å². The Morgan fingerprint density at radius 3 is 2.70 bits per heavy atom. The van der Waals surface area contributed by atoms with Crippen LogP contribution in [0.15, 0.2) is 27.6 Å². The molecule has 3 heteroatoms. The van der Waals surface area contributed by atoms with Gasteiger partial charge in [0.2, 0.25) is 0 Å². The molecule has 0 N–H and O–H groups in total. The second kappa shape index (κ2) is 3.21. The van der Waals surface area contributed by atoms with Crippen molar-refractivity contribution in [1.82, 2.24) is 0 Å². The number of aldehydes is 1. The Kier molecular flexibility index (Phi) is 2.51. The number of thiol groups is 1.